The van der Waals surface area contributed by atoms with Crippen LogP contribution < -0.4 is 5.32 Å². The third-order valence-corrected chi connectivity index (χ3v) is 5.36. The van der Waals surface area contributed by atoms with Crippen LogP contribution in [-0.4, -0.2) is 59.6 Å². The average molecular weight is 369 g/mol. The van der Waals surface area contributed by atoms with Crippen LogP contribution in [-0.2, 0) is 16.4 Å². The Labute approximate surface area is 144 Å². The number of sulfonamides is 1. The fourth-order valence-corrected chi connectivity index (χ4v) is 3.55. The maximum absolute atomic E-state index is 11.7. The summed E-state index contributed by atoms with van der Waals surface area (Å²) in [5, 5.41) is 6.66. The van der Waals surface area contributed by atoms with Crippen molar-refractivity contribution in [1.29, 1.82) is 0 Å². The predicted octanol–water partition coefficient (Wildman–Crippen LogP) is 0.169. The molecule has 3 heterocycles. The highest BCUT2D eigenvalue weighted by Crippen LogP contribution is 2.26. The van der Waals surface area contributed by atoms with E-state index in [2.05, 4.69) is 20.4 Å². The van der Waals surface area contributed by atoms with Gasteiger partial charge in [0.05, 0.1) is 6.26 Å². The summed E-state index contributed by atoms with van der Waals surface area (Å²) in [5.74, 6) is 0.772. The molecular weight excluding hydrogens is 350 g/mol. The maximum Gasteiger partial charge on any atom is 0.273 e. The highest BCUT2D eigenvalue weighted by molar-refractivity contribution is 7.88. The minimum absolute atomic E-state index is 0.0835. The minimum atomic E-state index is -3.15. The molecule has 1 aliphatic heterocycles. The Hall–Kier alpha value is -2.27. The van der Waals surface area contributed by atoms with Crippen molar-refractivity contribution in [3.63, 3.8) is 0 Å². The number of amides is 1. The van der Waals surface area contributed by atoms with Crippen molar-refractivity contribution >= 4 is 15.9 Å². The van der Waals surface area contributed by atoms with Gasteiger partial charge in [0.2, 0.25) is 15.9 Å². The molecule has 11 heteroatoms. The summed E-state index contributed by atoms with van der Waals surface area (Å²) in [6, 6.07) is 0. The van der Waals surface area contributed by atoms with E-state index in [-0.39, 0.29) is 17.5 Å². The normalized spacial score (nSPS) is 16.8. The van der Waals surface area contributed by atoms with E-state index in [0.29, 0.717) is 50.6 Å². The Balaban J connectivity index is 1.47. The van der Waals surface area contributed by atoms with Gasteiger partial charge >= 0.3 is 0 Å². The van der Waals surface area contributed by atoms with Gasteiger partial charge < -0.3 is 14.3 Å². The summed E-state index contributed by atoms with van der Waals surface area (Å²) in [5.41, 5.74) is 0.212. The molecule has 0 unspecified atom stereocenters. The van der Waals surface area contributed by atoms with Crippen LogP contribution in [0.2, 0.25) is 0 Å². The van der Waals surface area contributed by atoms with Gasteiger partial charge in [-0.05, 0) is 12.8 Å². The molecule has 0 radical (unpaired) electrons. The molecule has 0 aromatic carbocycles. The van der Waals surface area contributed by atoms with Gasteiger partial charge in [-0.1, -0.05) is 5.16 Å². The number of hydrogen-bond donors (Lipinski definition) is 1. The number of hydrogen-bond acceptors (Lipinski definition) is 8. The molecule has 3 rings (SSSR count). The molecule has 0 atom stereocenters. The SMILES string of the molecule is CS(=O)(=O)N1CCC(c2noc(CCNC(=O)c3cocn3)n2)CC1. The van der Waals surface area contributed by atoms with E-state index in [1.165, 1.54) is 23.2 Å². The van der Waals surface area contributed by atoms with E-state index < -0.39 is 10.0 Å². The number of nitrogens with one attached hydrogen (secondary N) is 1. The zero-order valence-corrected chi connectivity index (χ0v) is 14.5. The van der Waals surface area contributed by atoms with E-state index in [0.717, 1.165) is 0 Å². The van der Waals surface area contributed by atoms with Crippen LogP contribution in [0, 0.1) is 0 Å². The number of carbonyl (C=O) groups is 1. The van der Waals surface area contributed by atoms with Crippen molar-refractivity contribution in [3.8, 4) is 0 Å². The van der Waals surface area contributed by atoms with Crippen molar-refractivity contribution in [2.45, 2.75) is 25.2 Å². The molecule has 0 saturated carbocycles. The lowest BCUT2D eigenvalue weighted by Gasteiger charge is -2.28. The molecule has 0 aliphatic carbocycles. The Morgan fingerprint density at radius 2 is 2.16 bits per heavy atom. The molecular formula is C14H19N5O5S. The van der Waals surface area contributed by atoms with Crippen LogP contribution in [0.1, 0.15) is 41.0 Å². The molecule has 25 heavy (non-hydrogen) atoms. The molecule has 10 nitrogen and oxygen atoms in total. The average Bonchev–Trinajstić information content (AvgIpc) is 3.26. The molecule has 1 aliphatic rings. The zero-order chi connectivity index (χ0) is 17.9. The van der Waals surface area contributed by atoms with Crippen LogP contribution in [0.3, 0.4) is 0 Å². The molecule has 0 bridgehead atoms. The quantitative estimate of drug-likeness (QED) is 0.762. The maximum atomic E-state index is 11.7. The second kappa shape index (κ2) is 7.31. The summed E-state index contributed by atoms with van der Waals surface area (Å²) in [7, 11) is -3.15. The second-order valence-electron chi connectivity index (χ2n) is 5.86. The second-order valence-corrected chi connectivity index (χ2v) is 7.84. The zero-order valence-electron chi connectivity index (χ0n) is 13.7. The van der Waals surface area contributed by atoms with Crippen molar-refractivity contribution in [2.24, 2.45) is 0 Å². The van der Waals surface area contributed by atoms with E-state index >= 15 is 0 Å². The van der Waals surface area contributed by atoms with Gasteiger partial charge in [-0.25, -0.2) is 17.7 Å². The van der Waals surface area contributed by atoms with Crippen LogP contribution >= 0.6 is 0 Å². The van der Waals surface area contributed by atoms with Crippen LogP contribution in [0.25, 0.3) is 0 Å². The first kappa shape index (κ1) is 17.5. The smallest absolute Gasteiger partial charge is 0.273 e. The van der Waals surface area contributed by atoms with Crippen molar-refractivity contribution in [2.75, 3.05) is 25.9 Å². The predicted molar refractivity (Wildman–Crippen MR) is 85.2 cm³/mol. The van der Waals surface area contributed by atoms with Gasteiger partial charge in [-0.3, -0.25) is 4.79 Å². The highest BCUT2D eigenvalue weighted by atomic mass is 32.2. The topological polar surface area (TPSA) is 131 Å². The number of carbonyl (C=O) groups excluding carboxylic acids is 1. The lowest BCUT2D eigenvalue weighted by Crippen LogP contribution is -2.37. The Morgan fingerprint density at radius 1 is 1.40 bits per heavy atom. The molecule has 1 N–H and O–H groups in total. The van der Waals surface area contributed by atoms with Crippen molar-refractivity contribution in [1.82, 2.24) is 24.7 Å². The summed E-state index contributed by atoms with van der Waals surface area (Å²) in [6.07, 6.45) is 5.40. The molecule has 0 spiro atoms. The van der Waals surface area contributed by atoms with E-state index in [9.17, 15) is 13.2 Å². The number of oxazole rings is 1. The molecule has 2 aromatic rings. The van der Waals surface area contributed by atoms with Gasteiger partial charge in [0.15, 0.2) is 17.9 Å². The summed E-state index contributed by atoms with van der Waals surface area (Å²) in [4.78, 5) is 19.8. The first-order valence-electron chi connectivity index (χ1n) is 7.87. The first-order valence-corrected chi connectivity index (χ1v) is 9.72. The summed E-state index contributed by atoms with van der Waals surface area (Å²) < 4.78 is 34.5. The lowest BCUT2D eigenvalue weighted by atomic mass is 9.97. The van der Waals surface area contributed by atoms with Gasteiger partial charge in [0, 0.05) is 32.0 Å². The van der Waals surface area contributed by atoms with Gasteiger partial charge in [-0.15, -0.1) is 0 Å². The standard InChI is InChI=1S/C14H19N5O5S/c1-25(21,22)19-6-3-10(4-7-19)13-17-12(24-18-13)2-5-15-14(20)11-8-23-9-16-11/h8-10H,2-7H2,1H3,(H,15,20). The Kier molecular flexibility index (Phi) is 5.13. The largest absolute Gasteiger partial charge is 0.451 e. The fourth-order valence-electron chi connectivity index (χ4n) is 2.68. The first-order chi connectivity index (χ1) is 11.9. The molecule has 136 valence electrons. The van der Waals surface area contributed by atoms with E-state index in [1.807, 2.05) is 0 Å². The third kappa shape index (κ3) is 4.42. The third-order valence-electron chi connectivity index (χ3n) is 4.06. The van der Waals surface area contributed by atoms with Crippen molar-refractivity contribution < 1.29 is 22.2 Å². The summed E-state index contributed by atoms with van der Waals surface area (Å²) in [6.45, 7) is 1.25. The molecule has 1 fully saturated rings. The van der Waals surface area contributed by atoms with Gasteiger partial charge in [-0.2, -0.15) is 4.98 Å². The highest BCUT2D eigenvalue weighted by Gasteiger charge is 2.28. The van der Waals surface area contributed by atoms with Crippen LogP contribution in [0.15, 0.2) is 21.6 Å². The Bertz CT molecular complexity index is 809. The number of aromatic nitrogens is 3. The van der Waals surface area contributed by atoms with Crippen LogP contribution in [0.4, 0.5) is 0 Å². The van der Waals surface area contributed by atoms with Gasteiger partial charge in [0.25, 0.3) is 5.91 Å². The monoisotopic (exact) mass is 369 g/mol. The summed E-state index contributed by atoms with van der Waals surface area (Å²) >= 11 is 0. The Morgan fingerprint density at radius 3 is 2.80 bits per heavy atom. The number of rotatable bonds is 6. The van der Waals surface area contributed by atoms with E-state index in [1.54, 1.807) is 0 Å². The fraction of sp³-hybridized carbons (Fsp3) is 0.571. The molecule has 1 saturated heterocycles. The van der Waals surface area contributed by atoms with Crippen LogP contribution in [0.5, 0.6) is 0 Å². The lowest BCUT2D eigenvalue weighted by molar-refractivity contribution is 0.0948. The molecule has 1 amide bonds. The number of nitrogens with zero attached hydrogens (tertiary/aromatic N) is 4. The van der Waals surface area contributed by atoms with Gasteiger partial charge in [0.1, 0.15) is 6.26 Å². The number of piperidine rings is 1. The minimum Gasteiger partial charge on any atom is -0.451 e. The van der Waals surface area contributed by atoms with Crippen molar-refractivity contribution in [3.05, 3.63) is 30.1 Å². The molecule has 2 aromatic heterocycles. The van der Waals surface area contributed by atoms with E-state index in [4.69, 9.17) is 8.94 Å².